The Labute approximate surface area is 155 Å². The SMILES string of the molecule is CCCCOc1ccc(-c2c(-c3ccc(OCCCC)cc3)c2=O)cc1. The summed E-state index contributed by atoms with van der Waals surface area (Å²) < 4.78 is 11.4. The van der Waals surface area contributed by atoms with E-state index < -0.39 is 0 Å². The Kier molecular flexibility index (Phi) is 6.11. The molecule has 26 heavy (non-hydrogen) atoms. The molecule has 3 aromatic carbocycles. The van der Waals surface area contributed by atoms with Crippen molar-refractivity contribution >= 4 is 0 Å². The minimum atomic E-state index is 0.129. The Bertz CT molecular complexity index is 753. The van der Waals surface area contributed by atoms with E-state index in [2.05, 4.69) is 13.8 Å². The van der Waals surface area contributed by atoms with Crippen LogP contribution in [0.15, 0.2) is 53.3 Å². The summed E-state index contributed by atoms with van der Waals surface area (Å²) in [5, 5.41) is 0. The zero-order chi connectivity index (χ0) is 18.4. The van der Waals surface area contributed by atoms with Crippen molar-refractivity contribution in [3.8, 4) is 33.8 Å². The van der Waals surface area contributed by atoms with Gasteiger partial charge in [-0.05, 0) is 48.2 Å². The van der Waals surface area contributed by atoms with Crippen LogP contribution in [0.1, 0.15) is 39.5 Å². The highest BCUT2D eigenvalue weighted by atomic mass is 16.5. The topological polar surface area (TPSA) is 35.5 Å². The van der Waals surface area contributed by atoms with Gasteiger partial charge in [0.1, 0.15) is 11.5 Å². The molecule has 0 amide bonds. The molecule has 3 nitrogen and oxygen atoms in total. The lowest BCUT2D eigenvalue weighted by atomic mass is 10.1. The van der Waals surface area contributed by atoms with Crippen LogP contribution in [0.3, 0.4) is 0 Å². The fraction of sp³-hybridized carbons (Fsp3) is 0.348. The predicted octanol–water partition coefficient (Wildman–Crippen LogP) is 5.61. The largest absolute Gasteiger partial charge is 0.494 e. The third kappa shape index (κ3) is 4.34. The molecule has 0 radical (unpaired) electrons. The lowest BCUT2D eigenvalue weighted by Crippen LogP contribution is -1.95. The monoisotopic (exact) mass is 350 g/mol. The van der Waals surface area contributed by atoms with Crippen molar-refractivity contribution in [3.63, 3.8) is 0 Å². The summed E-state index contributed by atoms with van der Waals surface area (Å²) in [6, 6.07) is 15.6. The van der Waals surface area contributed by atoms with Gasteiger partial charge < -0.3 is 9.47 Å². The second-order valence-electron chi connectivity index (χ2n) is 6.53. The van der Waals surface area contributed by atoms with E-state index in [4.69, 9.17) is 9.47 Å². The molecule has 0 fully saturated rings. The quantitative estimate of drug-likeness (QED) is 0.446. The van der Waals surface area contributed by atoms with Gasteiger partial charge in [0.15, 0.2) is 5.43 Å². The Balaban J connectivity index is 1.65. The summed E-state index contributed by atoms with van der Waals surface area (Å²) in [4.78, 5) is 12.3. The summed E-state index contributed by atoms with van der Waals surface area (Å²) >= 11 is 0. The van der Waals surface area contributed by atoms with Gasteiger partial charge in [-0.15, -0.1) is 0 Å². The zero-order valence-electron chi connectivity index (χ0n) is 15.6. The average molecular weight is 350 g/mol. The van der Waals surface area contributed by atoms with Gasteiger partial charge in [-0.3, -0.25) is 4.79 Å². The summed E-state index contributed by atoms with van der Waals surface area (Å²) in [5.41, 5.74) is 3.66. The molecule has 0 N–H and O–H groups in total. The highest BCUT2D eigenvalue weighted by Gasteiger charge is 2.25. The van der Waals surface area contributed by atoms with Crippen molar-refractivity contribution in [2.24, 2.45) is 0 Å². The minimum Gasteiger partial charge on any atom is -0.494 e. The number of hydrogen-bond donors (Lipinski definition) is 0. The van der Waals surface area contributed by atoms with Gasteiger partial charge >= 0.3 is 0 Å². The first kappa shape index (κ1) is 18.2. The Hall–Kier alpha value is -2.55. The number of ether oxygens (including phenoxy) is 2. The van der Waals surface area contributed by atoms with Crippen LogP contribution in [0.25, 0.3) is 22.3 Å². The van der Waals surface area contributed by atoms with Crippen LogP contribution in [0.2, 0.25) is 0 Å². The van der Waals surface area contributed by atoms with E-state index in [1.165, 1.54) is 0 Å². The van der Waals surface area contributed by atoms with E-state index in [9.17, 15) is 4.79 Å². The second-order valence-corrected chi connectivity index (χ2v) is 6.53. The van der Waals surface area contributed by atoms with Crippen LogP contribution >= 0.6 is 0 Å². The summed E-state index contributed by atoms with van der Waals surface area (Å²) in [7, 11) is 0. The summed E-state index contributed by atoms with van der Waals surface area (Å²) in [5.74, 6) is 1.71. The van der Waals surface area contributed by atoms with Gasteiger partial charge in [-0.2, -0.15) is 0 Å². The van der Waals surface area contributed by atoms with E-state index in [1.807, 2.05) is 48.5 Å². The van der Waals surface area contributed by atoms with Crippen LogP contribution in [0.5, 0.6) is 11.5 Å². The van der Waals surface area contributed by atoms with Crippen molar-refractivity contribution in [1.29, 1.82) is 0 Å². The van der Waals surface area contributed by atoms with E-state index in [0.29, 0.717) is 0 Å². The minimum absolute atomic E-state index is 0.129. The number of unbranched alkanes of at least 4 members (excludes halogenated alkanes) is 2. The van der Waals surface area contributed by atoms with Crippen molar-refractivity contribution in [1.82, 2.24) is 0 Å². The Morgan fingerprint density at radius 3 is 1.38 bits per heavy atom. The van der Waals surface area contributed by atoms with Gasteiger partial charge in [0.2, 0.25) is 0 Å². The molecule has 136 valence electrons. The number of rotatable bonds is 10. The Morgan fingerprint density at radius 1 is 0.654 bits per heavy atom. The van der Waals surface area contributed by atoms with E-state index in [-0.39, 0.29) is 5.43 Å². The van der Waals surface area contributed by atoms with Crippen molar-refractivity contribution < 1.29 is 9.47 Å². The van der Waals surface area contributed by atoms with Gasteiger partial charge in [0.05, 0.1) is 13.2 Å². The standard InChI is InChI=1S/C23H26O3/c1-3-5-15-25-19-11-7-17(8-12-19)21-22(23(21)24)18-9-13-20(14-10-18)26-16-6-4-2/h7-14H,3-6,15-16H2,1-2H3. The molecule has 3 aromatic rings. The van der Waals surface area contributed by atoms with Crippen molar-refractivity contribution in [2.75, 3.05) is 13.2 Å². The number of hydrogen-bond acceptors (Lipinski definition) is 3. The fourth-order valence-corrected chi connectivity index (χ4v) is 2.83. The zero-order valence-corrected chi connectivity index (χ0v) is 15.6. The highest BCUT2D eigenvalue weighted by molar-refractivity contribution is 5.94. The van der Waals surface area contributed by atoms with Crippen molar-refractivity contribution in [3.05, 3.63) is 58.8 Å². The first-order valence-electron chi connectivity index (χ1n) is 9.50. The first-order chi connectivity index (χ1) is 12.7. The molecule has 0 bridgehead atoms. The molecule has 3 rings (SSSR count). The molecule has 0 spiro atoms. The molecule has 0 atom stereocenters. The van der Waals surface area contributed by atoms with Crippen LogP contribution in [0.4, 0.5) is 0 Å². The van der Waals surface area contributed by atoms with E-state index in [1.54, 1.807) is 0 Å². The summed E-state index contributed by atoms with van der Waals surface area (Å²) in [6.07, 6.45) is 4.33. The molecule has 0 aliphatic rings. The van der Waals surface area contributed by atoms with E-state index >= 15 is 0 Å². The maximum absolute atomic E-state index is 12.3. The summed E-state index contributed by atoms with van der Waals surface area (Å²) in [6.45, 7) is 5.75. The molecule has 3 heteroatoms. The van der Waals surface area contributed by atoms with Crippen LogP contribution < -0.4 is 14.9 Å². The first-order valence-corrected chi connectivity index (χ1v) is 9.50. The molecular formula is C23H26O3. The highest BCUT2D eigenvalue weighted by Crippen LogP contribution is 2.35. The molecule has 0 saturated carbocycles. The van der Waals surface area contributed by atoms with Gasteiger partial charge in [0.25, 0.3) is 0 Å². The molecule has 0 aromatic heterocycles. The van der Waals surface area contributed by atoms with Crippen molar-refractivity contribution in [2.45, 2.75) is 39.5 Å². The van der Waals surface area contributed by atoms with E-state index in [0.717, 1.165) is 72.6 Å². The fourth-order valence-electron chi connectivity index (χ4n) is 2.83. The maximum atomic E-state index is 12.3. The molecule has 0 heterocycles. The lowest BCUT2D eigenvalue weighted by molar-refractivity contribution is 0.309. The van der Waals surface area contributed by atoms with Crippen LogP contribution in [-0.4, -0.2) is 13.2 Å². The third-order valence-electron chi connectivity index (χ3n) is 4.46. The number of benzene rings is 2. The molecule has 0 unspecified atom stereocenters. The Morgan fingerprint density at radius 2 is 1.04 bits per heavy atom. The molecular weight excluding hydrogens is 324 g/mol. The normalized spacial score (nSPS) is 11.0. The average Bonchev–Trinajstić information content (AvgIpc) is 3.34. The van der Waals surface area contributed by atoms with Gasteiger partial charge in [-0.25, -0.2) is 0 Å². The smallest absolute Gasteiger partial charge is 0.195 e. The lowest BCUT2D eigenvalue weighted by Gasteiger charge is -2.05. The molecule has 0 aliphatic heterocycles. The molecule has 0 aliphatic carbocycles. The van der Waals surface area contributed by atoms with Crippen LogP contribution in [0, 0.1) is 0 Å². The third-order valence-corrected chi connectivity index (χ3v) is 4.46. The predicted molar refractivity (Wildman–Crippen MR) is 107 cm³/mol. The second kappa shape index (κ2) is 8.70. The maximum Gasteiger partial charge on any atom is 0.195 e. The van der Waals surface area contributed by atoms with Gasteiger partial charge in [0, 0.05) is 11.1 Å². The van der Waals surface area contributed by atoms with Crippen LogP contribution in [-0.2, 0) is 0 Å². The van der Waals surface area contributed by atoms with Gasteiger partial charge in [-0.1, -0.05) is 51.0 Å². The molecule has 0 saturated heterocycles.